The number of methoxy groups -OCH3 is 1. The molecule has 0 aromatic heterocycles. The van der Waals surface area contributed by atoms with Gasteiger partial charge in [0.15, 0.2) is 6.79 Å². The Balaban J connectivity index is 2.91. The van der Waals surface area contributed by atoms with Crippen LogP contribution in [0.4, 0.5) is 13.2 Å². The minimum Gasteiger partial charge on any atom is -0.467 e. The highest BCUT2D eigenvalue weighted by Gasteiger charge is 2.39. The van der Waals surface area contributed by atoms with Crippen LogP contribution in [0.25, 0.3) is 0 Å². The third kappa shape index (κ3) is 7.98. The van der Waals surface area contributed by atoms with E-state index in [-0.39, 0.29) is 26.2 Å². The number of benzene rings is 2. The smallest absolute Gasteiger partial charge is 0.417 e. The fraction of sp³-hybridized carbons (Fsp3) is 0.625. The molecule has 0 N–H and O–H groups in total. The van der Waals surface area contributed by atoms with E-state index in [1.165, 1.54) is 17.7 Å². The molecule has 0 saturated heterocycles. The van der Waals surface area contributed by atoms with Gasteiger partial charge in [0.2, 0.25) is 0 Å². The molecule has 0 amide bonds. The Morgan fingerprint density at radius 3 is 2.03 bits per heavy atom. The second-order valence-electron chi connectivity index (χ2n) is 12.6. The van der Waals surface area contributed by atoms with E-state index in [0.29, 0.717) is 11.2 Å². The highest BCUT2D eigenvalue weighted by Crippen LogP contribution is 2.53. The van der Waals surface area contributed by atoms with Crippen LogP contribution in [0.1, 0.15) is 110 Å². The molecule has 6 heteroatoms. The van der Waals surface area contributed by atoms with E-state index in [0.717, 1.165) is 42.6 Å². The molecule has 2 rings (SSSR count). The maximum Gasteiger partial charge on any atom is 0.417 e. The Bertz CT molecular complexity index is 1060. The zero-order valence-electron chi connectivity index (χ0n) is 25.0. The molecule has 0 bridgehead atoms. The molecular formula is C32H48F3O2P. The van der Waals surface area contributed by atoms with Gasteiger partial charge in [0.1, 0.15) is 5.75 Å². The van der Waals surface area contributed by atoms with E-state index in [4.69, 9.17) is 9.47 Å². The van der Waals surface area contributed by atoms with Crippen molar-refractivity contribution in [1.82, 2.24) is 0 Å². The Morgan fingerprint density at radius 2 is 1.50 bits per heavy atom. The van der Waals surface area contributed by atoms with Crippen molar-refractivity contribution in [2.75, 3.05) is 13.9 Å². The number of alkyl halides is 3. The Labute approximate surface area is 230 Å². The minimum atomic E-state index is -4.40. The standard InChI is InChI=1S/C32H48F3O2P/c1-11-17-31(9,38-27-16-14-13-15-24(27)32(33,34)35)26-19-23(29(4,5)6)18-25(28(26)37-21-36-10)30(7,8)20-22(3)12-2/h13-16,18-19,22,38H,11-12,17,20-21H2,1-10H3. The molecule has 0 aliphatic heterocycles. The number of ether oxygens (including phenoxy) is 2. The number of halogens is 3. The Morgan fingerprint density at radius 1 is 0.895 bits per heavy atom. The van der Waals surface area contributed by atoms with Crippen LogP contribution in [0.3, 0.4) is 0 Å². The van der Waals surface area contributed by atoms with Crippen LogP contribution in [0, 0.1) is 5.92 Å². The van der Waals surface area contributed by atoms with E-state index in [2.05, 4.69) is 74.4 Å². The van der Waals surface area contributed by atoms with Crippen molar-refractivity contribution in [3.8, 4) is 5.75 Å². The molecule has 2 aromatic rings. The molecule has 0 radical (unpaired) electrons. The van der Waals surface area contributed by atoms with Gasteiger partial charge in [0.05, 0.1) is 5.56 Å². The van der Waals surface area contributed by atoms with Crippen LogP contribution in [-0.4, -0.2) is 13.9 Å². The van der Waals surface area contributed by atoms with Gasteiger partial charge in [0.25, 0.3) is 0 Å². The maximum atomic E-state index is 14.0. The van der Waals surface area contributed by atoms with E-state index in [1.54, 1.807) is 19.2 Å². The van der Waals surface area contributed by atoms with Crippen LogP contribution in [0.2, 0.25) is 0 Å². The van der Waals surface area contributed by atoms with Gasteiger partial charge in [0, 0.05) is 23.4 Å². The summed E-state index contributed by atoms with van der Waals surface area (Å²) in [6.07, 6.45) is -0.772. The van der Waals surface area contributed by atoms with Crippen molar-refractivity contribution in [1.29, 1.82) is 0 Å². The summed E-state index contributed by atoms with van der Waals surface area (Å²) in [4.78, 5) is 0. The van der Waals surface area contributed by atoms with Crippen LogP contribution in [-0.2, 0) is 26.9 Å². The molecule has 0 spiro atoms. The van der Waals surface area contributed by atoms with Crippen molar-refractivity contribution < 1.29 is 22.6 Å². The molecule has 0 aliphatic carbocycles. The highest BCUT2D eigenvalue weighted by atomic mass is 31.1. The van der Waals surface area contributed by atoms with Crippen molar-refractivity contribution in [3.05, 3.63) is 58.7 Å². The Hall–Kier alpha value is -1.58. The summed E-state index contributed by atoms with van der Waals surface area (Å²) in [5.74, 6) is 1.28. The normalized spacial score (nSPS) is 15.6. The molecule has 2 aromatic carbocycles. The summed E-state index contributed by atoms with van der Waals surface area (Å²) < 4.78 is 53.8. The van der Waals surface area contributed by atoms with Gasteiger partial charge in [-0.1, -0.05) is 114 Å². The van der Waals surface area contributed by atoms with Gasteiger partial charge in [-0.2, -0.15) is 13.2 Å². The lowest BCUT2D eigenvalue weighted by molar-refractivity contribution is -0.136. The third-order valence-corrected chi connectivity index (χ3v) is 9.32. The molecular weight excluding hydrogens is 504 g/mol. The minimum absolute atomic E-state index is 0.0786. The van der Waals surface area contributed by atoms with Gasteiger partial charge >= 0.3 is 6.18 Å². The monoisotopic (exact) mass is 552 g/mol. The van der Waals surface area contributed by atoms with E-state index < -0.39 is 16.9 Å². The predicted molar refractivity (Wildman–Crippen MR) is 156 cm³/mol. The van der Waals surface area contributed by atoms with E-state index >= 15 is 0 Å². The van der Waals surface area contributed by atoms with Crippen molar-refractivity contribution in [2.24, 2.45) is 5.92 Å². The molecule has 0 aliphatic rings. The summed E-state index contributed by atoms with van der Waals surface area (Å²) in [6.45, 7) is 19.8. The lowest BCUT2D eigenvalue weighted by Gasteiger charge is -2.38. The van der Waals surface area contributed by atoms with Gasteiger partial charge in [-0.15, -0.1) is 0 Å². The molecule has 3 atom stereocenters. The fourth-order valence-corrected chi connectivity index (χ4v) is 7.10. The molecule has 0 saturated carbocycles. The van der Waals surface area contributed by atoms with Gasteiger partial charge < -0.3 is 9.47 Å². The van der Waals surface area contributed by atoms with Gasteiger partial charge in [-0.3, -0.25) is 0 Å². The van der Waals surface area contributed by atoms with Gasteiger partial charge in [-0.05, 0) is 46.5 Å². The molecule has 38 heavy (non-hydrogen) atoms. The first-order valence-electron chi connectivity index (χ1n) is 13.8. The number of rotatable bonds is 12. The van der Waals surface area contributed by atoms with Crippen LogP contribution >= 0.6 is 8.58 Å². The van der Waals surface area contributed by atoms with Crippen molar-refractivity contribution in [2.45, 2.75) is 110 Å². The van der Waals surface area contributed by atoms with Crippen LogP contribution in [0.5, 0.6) is 5.75 Å². The molecule has 214 valence electrons. The van der Waals surface area contributed by atoms with Crippen LogP contribution < -0.4 is 10.0 Å². The average Bonchev–Trinajstić information content (AvgIpc) is 2.81. The number of hydrogen-bond acceptors (Lipinski definition) is 2. The highest BCUT2D eigenvalue weighted by molar-refractivity contribution is 7.48. The fourth-order valence-electron chi connectivity index (χ4n) is 5.27. The first-order chi connectivity index (χ1) is 17.5. The Kier molecular flexibility index (Phi) is 10.9. The second kappa shape index (κ2) is 12.7. The second-order valence-corrected chi connectivity index (χ2v) is 14.4. The van der Waals surface area contributed by atoms with E-state index in [9.17, 15) is 13.2 Å². The van der Waals surface area contributed by atoms with Crippen molar-refractivity contribution in [3.63, 3.8) is 0 Å². The summed E-state index contributed by atoms with van der Waals surface area (Å²) >= 11 is 0. The quantitative estimate of drug-likeness (QED) is 0.193. The molecule has 0 heterocycles. The maximum absolute atomic E-state index is 14.0. The largest absolute Gasteiger partial charge is 0.467 e. The third-order valence-electron chi connectivity index (χ3n) is 7.55. The first kappa shape index (κ1) is 32.6. The zero-order chi connectivity index (χ0) is 28.9. The molecule has 3 unspecified atom stereocenters. The van der Waals surface area contributed by atoms with Crippen LogP contribution in [0.15, 0.2) is 36.4 Å². The topological polar surface area (TPSA) is 18.5 Å². The average molecular weight is 553 g/mol. The molecule has 2 nitrogen and oxygen atoms in total. The number of hydrogen-bond donors (Lipinski definition) is 0. The lowest BCUT2D eigenvalue weighted by Crippen LogP contribution is -2.28. The summed E-state index contributed by atoms with van der Waals surface area (Å²) in [5.41, 5.74) is 2.36. The lowest BCUT2D eigenvalue weighted by atomic mass is 9.72. The van der Waals surface area contributed by atoms with Crippen molar-refractivity contribution >= 4 is 13.9 Å². The summed E-state index contributed by atoms with van der Waals surface area (Å²) in [5, 5.41) is -0.211. The zero-order valence-corrected chi connectivity index (χ0v) is 26.0. The predicted octanol–water partition coefficient (Wildman–Crippen LogP) is 9.72. The summed E-state index contributed by atoms with van der Waals surface area (Å²) in [7, 11) is 1.52. The SMILES string of the molecule is CCCC(C)(Pc1ccccc1C(F)(F)F)c1cc(C(C)(C)C)cc(C(C)(C)CC(C)CC)c1OCOC. The van der Waals surface area contributed by atoms with E-state index in [1.807, 2.05) is 0 Å². The summed E-state index contributed by atoms with van der Waals surface area (Å²) in [6, 6.07) is 10.5. The van der Waals surface area contributed by atoms with Gasteiger partial charge in [-0.25, -0.2) is 0 Å². The molecule has 0 fully saturated rings. The first-order valence-corrected chi connectivity index (χ1v) is 14.8.